The number of aromatic nitrogens is 2. The molecule has 0 spiro atoms. The Labute approximate surface area is 202 Å². The number of sulfonamides is 1. The van der Waals surface area contributed by atoms with Crippen molar-refractivity contribution in [1.82, 2.24) is 9.55 Å². The number of hydrogen-bond donors (Lipinski definition) is 1. The predicted octanol–water partition coefficient (Wildman–Crippen LogP) is 2.80. The van der Waals surface area contributed by atoms with Gasteiger partial charge in [0.1, 0.15) is 16.2 Å². The van der Waals surface area contributed by atoms with Crippen LogP contribution in [-0.2, 0) is 39.2 Å². The van der Waals surface area contributed by atoms with Crippen molar-refractivity contribution in [3.63, 3.8) is 0 Å². The zero-order chi connectivity index (χ0) is 25.1. The van der Waals surface area contributed by atoms with E-state index in [1.807, 2.05) is 0 Å². The minimum absolute atomic E-state index is 0.00136. The molecule has 182 valence electrons. The van der Waals surface area contributed by atoms with E-state index in [-0.39, 0.29) is 28.5 Å². The summed E-state index contributed by atoms with van der Waals surface area (Å²) in [6.07, 6.45) is 4.44. The minimum atomic E-state index is -4.11. The van der Waals surface area contributed by atoms with Gasteiger partial charge >= 0.3 is 0 Å². The van der Waals surface area contributed by atoms with Crippen LogP contribution in [0.15, 0.2) is 64.5 Å². The number of hydrogen-bond acceptors (Lipinski definition) is 6. The lowest BCUT2D eigenvalue weighted by atomic mass is 9.99. The Balaban J connectivity index is 1.84. The van der Waals surface area contributed by atoms with Gasteiger partial charge in [0.05, 0.1) is 25.1 Å². The average Bonchev–Trinajstić information content (AvgIpc) is 3.17. The Bertz CT molecular complexity index is 1770. The monoisotopic (exact) mass is 513 g/mol. The quantitative estimate of drug-likeness (QED) is 0.438. The molecule has 5 rings (SSSR count). The van der Waals surface area contributed by atoms with E-state index < -0.39 is 19.9 Å². The van der Waals surface area contributed by atoms with Crippen LogP contribution in [0.3, 0.4) is 0 Å². The molecular weight excluding hydrogens is 490 g/mol. The van der Waals surface area contributed by atoms with Gasteiger partial charge in [-0.3, -0.25) is 9.10 Å². The molecule has 1 aliphatic rings. The first-order chi connectivity index (χ1) is 16.5. The van der Waals surface area contributed by atoms with Crippen molar-refractivity contribution < 1.29 is 21.6 Å². The first-order valence-corrected chi connectivity index (χ1v) is 14.2. The van der Waals surface area contributed by atoms with Gasteiger partial charge in [-0.1, -0.05) is 18.2 Å². The molecule has 35 heavy (non-hydrogen) atoms. The van der Waals surface area contributed by atoms with Crippen LogP contribution in [-0.4, -0.2) is 39.8 Å². The van der Waals surface area contributed by atoms with Gasteiger partial charge < -0.3 is 14.3 Å². The Hall–Kier alpha value is -3.57. The highest BCUT2D eigenvalue weighted by Crippen LogP contribution is 2.43. The summed E-state index contributed by atoms with van der Waals surface area (Å²) in [6.45, 7) is -0.0288. The van der Waals surface area contributed by atoms with E-state index in [0.717, 1.165) is 6.26 Å². The molecule has 2 aromatic heterocycles. The molecule has 3 heterocycles. The summed E-state index contributed by atoms with van der Waals surface area (Å²) in [7, 11) is -4.42. The lowest BCUT2D eigenvalue weighted by molar-refractivity contribution is 0.402. The molecule has 0 aliphatic carbocycles. The van der Waals surface area contributed by atoms with E-state index in [1.165, 1.54) is 22.0 Å². The van der Waals surface area contributed by atoms with Crippen LogP contribution >= 0.6 is 0 Å². The number of fused-ring (bicyclic) bond motifs is 2. The number of nitrogens with one attached hydrogen (secondary N) is 1. The van der Waals surface area contributed by atoms with E-state index in [0.29, 0.717) is 38.8 Å². The number of benzene rings is 2. The molecule has 0 amide bonds. The van der Waals surface area contributed by atoms with Crippen LogP contribution in [0.5, 0.6) is 5.75 Å². The maximum absolute atomic E-state index is 14.0. The van der Waals surface area contributed by atoms with Crippen molar-refractivity contribution in [3.8, 4) is 16.9 Å². The van der Waals surface area contributed by atoms with Gasteiger partial charge in [-0.05, 0) is 35.4 Å². The van der Waals surface area contributed by atoms with Gasteiger partial charge in [0, 0.05) is 42.2 Å². The number of nitrogens with zero attached hydrogens (tertiary/aromatic N) is 2. The van der Waals surface area contributed by atoms with Crippen molar-refractivity contribution in [2.24, 2.45) is 7.05 Å². The molecule has 4 aromatic rings. The Kier molecular flexibility index (Phi) is 5.29. The normalized spacial score (nSPS) is 13.5. The Morgan fingerprint density at radius 2 is 1.80 bits per heavy atom. The molecule has 0 radical (unpaired) electrons. The zero-order valence-electron chi connectivity index (χ0n) is 19.3. The molecule has 0 bridgehead atoms. The lowest BCUT2D eigenvalue weighted by Crippen LogP contribution is -2.30. The highest BCUT2D eigenvalue weighted by atomic mass is 32.2. The van der Waals surface area contributed by atoms with Gasteiger partial charge in [-0.2, -0.15) is 0 Å². The summed E-state index contributed by atoms with van der Waals surface area (Å²) in [4.78, 5) is 15.8. The van der Waals surface area contributed by atoms with Crippen LogP contribution in [0, 0.1) is 0 Å². The summed E-state index contributed by atoms with van der Waals surface area (Å²) in [5.41, 5.74) is 2.80. The van der Waals surface area contributed by atoms with E-state index in [4.69, 9.17) is 4.74 Å². The van der Waals surface area contributed by atoms with Gasteiger partial charge in [-0.15, -0.1) is 0 Å². The van der Waals surface area contributed by atoms with Crippen LogP contribution in [0.1, 0.15) is 11.1 Å². The standard InChI is InChI=1S/C24H23N3O6S2/c1-26-13-18-17-10-15(14-34(3,29)30)8-9-19(17)27(12-16-11-25-23(22(16)18)24(26)28)35(31,32)21-7-5-4-6-20(21)33-2/h4-11,13,25H,12,14H2,1-3H3. The average molecular weight is 514 g/mol. The second kappa shape index (κ2) is 7.99. The zero-order valence-corrected chi connectivity index (χ0v) is 20.9. The first kappa shape index (κ1) is 23.2. The summed E-state index contributed by atoms with van der Waals surface area (Å²) in [6, 6.07) is 11.3. The smallest absolute Gasteiger partial charge is 0.274 e. The highest BCUT2D eigenvalue weighted by molar-refractivity contribution is 7.93. The number of pyridine rings is 1. The first-order valence-electron chi connectivity index (χ1n) is 10.7. The minimum Gasteiger partial charge on any atom is -0.495 e. The van der Waals surface area contributed by atoms with Crippen LogP contribution in [0.4, 0.5) is 5.69 Å². The third-order valence-corrected chi connectivity index (χ3v) is 8.74. The molecule has 0 saturated carbocycles. The number of methoxy groups -OCH3 is 1. The van der Waals surface area contributed by atoms with Crippen molar-refractivity contribution in [3.05, 3.63) is 76.3 Å². The number of sulfone groups is 1. The topological polar surface area (TPSA) is 119 Å². The van der Waals surface area contributed by atoms with Gasteiger partial charge in [0.15, 0.2) is 9.84 Å². The van der Waals surface area contributed by atoms with Crippen molar-refractivity contribution in [2.45, 2.75) is 17.2 Å². The molecular formula is C24H23N3O6S2. The van der Waals surface area contributed by atoms with Crippen LogP contribution in [0.25, 0.3) is 22.0 Å². The summed E-state index contributed by atoms with van der Waals surface area (Å²) >= 11 is 0. The van der Waals surface area contributed by atoms with Gasteiger partial charge in [0.25, 0.3) is 15.6 Å². The Morgan fingerprint density at radius 1 is 1.06 bits per heavy atom. The molecule has 1 N–H and O–H groups in total. The lowest BCUT2D eigenvalue weighted by Gasteiger charge is -2.26. The molecule has 9 nitrogen and oxygen atoms in total. The number of rotatable bonds is 5. The second-order valence-electron chi connectivity index (χ2n) is 8.61. The number of aromatic amines is 1. The van der Waals surface area contributed by atoms with Gasteiger partial charge in [0.2, 0.25) is 0 Å². The van der Waals surface area contributed by atoms with Crippen molar-refractivity contribution in [1.29, 1.82) is 0 Å². The van der Waals surface area contributed by atoms with Crippen molar-refractivity contribution >= 4 is 36.5 Å². The summed E-state index contributed by atoms with van der Waals surface area (Å²) in [5, 5.41) is 0.614. The molecule has 2 aromatic carbocycles. The van der Waals surface area contributed by atoms with Crippen molar-refractivity contribution in [2.75, 3.05) is 17.7 Å². The summed E-state index contributed by atoms with van der Waals surface area (Å²) < 4.78 is 60.0. The molecule has 0 atom stereocenters. The number of anilines is 1. The van der Waals surface area contributed by atoms with E-state index in [9.17, 15) is 21.6 Å². The molecule has 1 aliphatic heterocycles. The fourth-order valence-corrected chi connectivity index (χ4v) is 6.98. The van der Waals surface area contributed by atoms with E-state index in [2.05, 4.69) is 4.98 Å². The maximum Gasteiger partial charge on any atom is 0.274 e. The Morgan fingerprint density at radius 3 is 2.51 bits per heavy atom. The molecule has 0 fully saturated rings. The SMILES string of the molecule is COc1ccccc1S(=O)(=O)N1Cc2c[nH]c3c(=O)n(C)cc(c23)-c2cc(CS(C)(=O)=O)ccc21. The van der Waals surface area contributed by atoms with E-state index >= 15 is 0 Å². The fraction of sp³-hybridized carbons (Fsp3) is 0.208. The second-order valence-corrected chi connectivity index (χ2v) is 12.6. The third kappa shape index (κ3) is 3.80. The van der Waals surface area contributed by atoms with Gasteiger partial charge in [-0.25, -0.2) is 16.8 Å². The molecule has 11 heteroatoms. The molecule has 0 saturated heterocycles. The number of para-hydroxylation sites is 1. The number of ether oxygens (including phenoxy) is 1. The molecule has 0 unspecified atom stereocenters. The third-order valence-electron chi connectivity index (χ3n) is 6.09. The van der Waals surface area contributed by atoms with E-state index in [1.54, 1.807) is 55.8 Å². The largest absolute Gasteiger partial charge is 0.495 e. The fourth-order valence-electron chi connectivity index (χ4n) is 4.58. The number of aryl methyl sites for hydroxylation is 1. The summed E-state index contributed by atoms with van der Waals surface area (Å²) in [5.74, 6) is 0.00556. The number of H-pyrrole nitrogens is 1. The van der Waals surface area contributed by atoms with Crippen LogP contribution < -0.4 is 14.6 Å². The van der Waals surface area contributed by atoms with Crippen LogP contribution in [0.2, 0.25) is 0 Å². The highest BCUT2D eigenvalue weighted by Gasteiger charge is 2.34. The maximum atomic E-state index is 14.0. The predicted molar refractivity (Wildman–Crippen MR) is 134 cm³/mol.